The topological polar surface area (TPSA) is 72.2 Å². The number of benzene rings is 1. The van der Waals surface area contributed by atoms with E-state index in [1.807, 2.05) is 0 Å². The summed E-state index contributed by atoms with van der Waals surface area (Å²) in [6.45, 7) is 4.86. The maximum absolute atomic E-state index is 12.1. The maximum Gasteiger partial charge on any atom is 0.284 e. The Bertz CT molecular complexity index is 506. The van der Waals surface area contributed by atoms with Crippen molar-refractivity contribution in [2.75, 3.05) is 6.54 Å². The second-order valence-corrected chi connectivity index (χ2v) is 5.90. The van der Waals surface area contributed by atoms with Crippen LogP contribution in [0.4, 0.5) is 5.69 Å². The fraction of sp³-hybridized carbons (Fsp3) is 0.533. The molecule has 0 heterocycles. The summed E-state index contributed by atoms with van der Waals surface area (Å²) in [6, 6.07) is 4.41. The van der Waals surface area contributed by atoms with Gasteiger partial charge < -0.3 is 5.32 Å². The van der Waals surface area contributed by atoms with Gasteiger partial charge in [-0.3, -0.25) is 14.9 Å². The molecule has 1 aromatic rings. The van der Waals surface area contributed by atoms with Crippen LogP contribution in [0.3, 0.4) is 0 Å². The first kappa shape index (κ1) is 17.6. The number of unbranched alkanes of at least 4 members (excludes halogenated alkanes) is 1. The first-order valence-corrected chi connectivity index (χ1v) is 8.01. The minimum absolute atomic E-state index is 0.0966. The Morgan fingerprint density at radius 3 is 2.71 bits per heavy atom. The number of carbonyl (C=O) groups is 1. The number of nitro groups is 1. The van der Waals surface area contributed by atoms with Crippen LogP contribution in [0.1, 0.15) is 49.9 Å². The molecule has 0 fully saturated rings. The molecule has 116 valence electrons. The van der Waals surface area contributed by atoms with Gasteiger partial charge >= 0.3 is 0 Å². The lowest BCUT2D eigenvalue weighted by Crippen LogP contribution is -2.29. The van der Waals surface area contributed by atoms with Crippen LogP contribution in [-0.2, 0) is 0 Å². The molecule has 0 spiro atoms. The largest absolute Gasteiger partial charge is 0.352 e. The molecular formula is C15H21BrN2O3. The molecule has 0 radical (unpaired) electrons. The highest BCUT2D eigenvalue weighted by atomic mass is 79.9. The van der Waals surface area contributed by atoms with E-state index in [9.17, 15) is 14.9 Å². The molecule has 1 N–H and O–H groups in total. The number of carbonyl (C=O) groups excluding carboxylic acids is 1. The van der Waals surface area contributed by atoms with Crippen molar-refractivity contribution in [3.8, 4) is 0 Å². The molecule has 0 aliphatic rings. The third-order valence-corrected chi connectivity index (χ3v) is 4.17. The summed E-state index contributed by atoms with van der Waals surface area (Å²) < 4.78 is 0.374. The molecule has 1 atom stereocenters. The molecule has 0 aliphatic carbocycles. The fourth-order valence-electron chi connectivity index (χ4n) is 2.08. The molecule has 5 nitrogen and oxygen atoms in total. The Morgan fingerprint density at radius 2 is 2.14 bits per heavy atom. The molecule has 0 saturated heterocycles. The van der Waals surface area contributed by atoms with E-state index in [-0.39, 0.29) is 11.6 Å². The number of rotatable bonds is 8. The molecule has 21 heavy (non-hydrogen) atoms. The second kappa shape index (κ2) is 8.77. The summed E-state index contributed by atoms with van der Waals surface area (Å²) in [6.07, 6.45) is 4.40. The SMILES string of the molecule is CCCCC(CC)CNC(=O)c1ccc(Br)c([N+](=O)[O-])c1. The Hall–Kier alpha value is -1.43. The monoisotopic (exact) mass is 356 g/mol. The van der Waals surface area contributed by atoms with Crippen LogP contribution >= 0.6 is 15.9 Å². The molecular weight excluding hydrogens is 336 g/mol. The van der Waals surface area contributed by atoms with Gasteiger partial charge in [-0.05, 0) is 40.4 Å². The van der Waals surface area contributed by atoms with Crippen molar-refractivity contribution in [1.29, 1.82) is 0 Å². The molecule has 1 unspecified atom stereocenters. The van der Waals surface area contributed by atoms with Crippen molar-refractivity contribution in [2.45, 2.75) is 39.5 Å². The van der Waals surface area contributed by atoms with Gasteiger partial charge in [0, 0.05) is 18.2 Å². The van der Waals surface area contributed by atoms with Gasteiger partial charge in [0.15, 0.2) is 0 Å². The van der Waals surface area contributed by atoms with Crippen molar-refractivity contribution >= 4 is 27.5 Å². The van der Waals surface area contributed by atoms with Crippen LogP contribution in [0.5, 0.6) is 0 Å². The molecule has 1 aromatic carbocycles. The van der Waals surface area contributed by atoms with Gasteiger partial charge in [-0.2, -0.15) is 0 Å². The maximum atomic E-state index is 12.1. The molecule has 0 saturated carbocycles. The summed E-state index contributed by atoms with van der Waals surface area (Å²) in [5, 5.41) is 13.7. The van der Waals surface area contributed by atoms with Crippen molar-refractivity contribution in [3.63, 3.8) is 0 Å². The minimum atomic E-state index is -0.503. The summed E-state index contributed by atoms with van der Waals surface area (Å²) in [7, 11) is 0. The second-order valence-electron chi connectivity index (χ2n) is 5.05. The highest BCUT2D eigenvalue weighted by molar-refractivity contribution is 9.10. The number of halogens is 1. The Balaban J connectivity index is 2.67. The normalized spacial score (nSPS) is 12.0. The van der Waals surface area contributed by atoms with Gasteiger partial charge in [0.1, 0.15) is 0 Å². The van der Waals surface area contributed by atoms with E-state index in [0.29, 0.717) is 22.5 Å². The average molecular weight is 357 g/mol. The van der Waals surface area contributed by atoms with E-state index in [4.69, 9.17) is 0 Å². The van der Waals surface area contributed by atoms with Crippen LogP contribution in [0.25, 0.3) is 0 Å². The van der Waals surface area contributed by atoms with Crippen LogP contribution in [0.15, 0.2) is 22.7 Å². The lowest BCUT2D eigenvalue weighted by molar-refractivity contribution is -0.385. The highest BCUT2D eigenvalue weighted by Gasteiger charge is 2.16. The Kier molecular flexibility index (Phi) is 7.36. The summed E-state index contributed by atoms with van der Waals surface area (Å²) in [5.41, 5.74) is 0.218. The zero-order chi connectivity index (χ0) is 15.8. The molecule has 0 aliphatic heterocycles. The van der Waals surface area contributed by atoms with E-state index in [0.717, 1.165) is 25.7 Å². The zero-order valence-electron chi connectivity index (χ0n) is 12.4. The third kappa shape index (κ3) is 5.46. The molecule has 1 amide bonds. The van der Waals surface area contributed by atoms with Gasteiger partial charge in [-0.1, -0.05) is 33.1 Å². The number of hydrogen-bond donors (Lipinski definition) is 1. The lowest BCUT2D eigenvalue weighted by Gasteiger charge is -2.15. The molecule has 0 aromatic heterocycles. The molecule has 0 bridgehead atoms. The van der Waals surface area contributed by atoms with Gasteiger partial charge in [-0.15, -0.1) is 0 Å². The Labute approximate surface area is 133 Å². The predicted octanol–water partition coefficient (Wildman–Crippen LogP) is 4.30. The van der Waals surface area contributed by atoms with Crippen LogP contribution in [-0.4, -0.2) is 17.4 Å². The van der Waals surface area contributed by atoms with Crippen molar-refractivity contribution in [1.82, 2.24) is 5.32 Å². The Morgan fingerprint density at radius 1 is 1.43 bits per heavy atom. The standard InChI is InChI=1S/C15H21BrN2O3/c1-3-5-6-11(4-2)10-17-15(19)12-7-8-13(16)14(9-12)18(20)21/h7-9,11H,3-6,10H2,1-2H3,(H,17,19). The van der Waals surface area contributed by atoms with Crippen molar-refractivity contribution in [3.05, 3.63) is 38.3 Å². The average Bonchev–Trinajstić information content (AvgIpc) is 2.47. The van der Waals surface area contributed by atoms with Crippen molar-refractivity contribution in [2.24, 2.45) is 5.92 Å². The number of nitro benzene ring substituents is 1. The first-order chi connectivity index (χ1) is 9.99. The van der Waals surface area contributed by atoms with Gasteiger partial charge in [-0.25, -0.2) is 0 Å². The summed E-state index contributed by atoms with van der Waals surface area (Å²) in [5.74, 6) is 0.194. The predicted molar refractivity (Wildman–Crippen MR) is 86.4 cm³/mol. The fourth-order valence-corrected chi connectivity index (χ4v) is 2.47. The quantitative estimate of drug-likeness (QED) is 0.557. The van der Waals surface area contributed by atoms with Gasteiger partial charge in [0.05, 0.1) is 9.40 Å². The number of nitrogens with zero attached hydrogens (tertiary/aromatic N) is 1. The third-order valence-electron chi connectivity index (χ3n) is 3.50. The minimum Gasteiger partial charge on any atom is -0.352 e. The number of hydrogen-bond acceptors (Lipinski definition) is 3. The van der Waals surface area contributed by atoms with Gasteiger partial charge in [0.2, 0.25) is 0 Å². The first-order valence-electron chi connectivity index (χ1n) is 7.21. The van der Waals surface area contributed by atoms with E-state index in [1.54, 1.807) is 6.07 Å². The highest BCUT2D eigenvalue weighted by Crippen LogP contribution is 2.25. The molecule has 6 heteroatoms. The van der Waals surface area contributed by atoms with Crippen LogP contribution in [0.2, 0.25) is 0 Å². The lowest BCUT2D eigenvalue weighted by atomic mass is 9.99. The van der Waals surface area contributed by atoms with Crippen LogP contribution in [0, 0.1) is 16.0 Å². The van der Waals surface area contributed by atoms with E-state index < -0.39 is 4.92 Å². The zero-order valence-corrected chi connectivity index (χ0v) is 14.0. The molecule has 1 rings (SSSR count). The van der Waals surface area contributed by atoms with E-state index in [2.05, 4.69) is 35.1 Å². The smallest absolute Gasteiger partial charge is 0.284 e. The van der Waals surface area contributed by atoms with E-state index >= 15 is 0 Å². The van der Waals surface area contributed by atoms with Gasteiger partial charge in [0.25, 0.3) is 11.6 Å². The summed E-state index contributed by atoms with van der Waals surface area (Å²) in [4.78, 5) is 22.4. The summed E-state index contributed by atoms with van der Waals surface area (Å²) >= 11 is 3.11. The van der Waals surface area contributed by atoms with Crippen LogP contribution < -0.4 is 5.32 Å². The number of nitrogens with one attached hydrogen (secondary N) is 1. The van der Waals surface area contributed by atoms with E-state index in [1.165, 1.54) is 12.1 Å². The number of amides is 1. The van der Waals surface area contributed by atoms with Crippen molar-refractivity contribution < 1.29 is 9.72 Å².